The van der Waals surface area contributed by atoms with Crippen LogP contribution in [0.5, 0.6) is 11.5 Å². The fourth-order valence-electron chi connectivity index (χ4n) is 6.31. The Morgan fingerprint density at radius 3 is 2.89 bits per heavy atom. The summed E-state index contributed by atoms with van der Waals surface area (Å²) < 4.78 is 11.7. The standard InChI is InChI=1S/C21H23NO5/c1-26-14-5-4-12-10-15-21(25)7-6-13(23)18-20(21,16(12)17(14)27-18)8-9-22(15)19(24)11-2-3-11/h4-5,11,15,18,25H,2-3,6-10H2,1H3/t15-,18+,20+,21-/m0/s1. The third kappa shape index (κ3) is 1.67. The maximum atomic E-state index is 12.9. The molecule has 0 unspecified atom stereocenters. The molecule has 5 aliphatic rings. The first-order chi connectivity index (χ1) is 13.0. The minimum absolute atomic E-state index is 0.0477. The van der Waals surface area contributed by atoms with Gasteiger partial charge in [-0.25, -0.2) is 0 Å². The van der Waals surface area contributed by atoms with Crippen molar-refractivity contribution in [3.8, 4) is 11.5 Å². The van der Waals surface area contributed by atoms with Gasteiger partial charge in [0.05, 0.1) is 24.2 Å². The summed E-state index contributed by atoms with van der Waals surface area (Å²) in [5.41, 5.74) is 0.146. The second-order valence-corrected chi connectivity index (χ2v) is 8.77. The fourth-order valence-corrected chi connectivity index (χ4v) is 6.31. The number of rotatable bonds is 2. The number of methoxy groups -OCH3 is 1. The number of piperidine rings is 1. The molecule has 6 heteroatoms. The van der Waals surface area contributed by atoms with E-state index < -0.39 is 17.1 Å². The Balaban J connectivity index is 1.58. The molecule has 2 bridgehead atoms. The van der Waals surface area contributed by atoms with Gasteiger partial charge in [-0.2, -0.15) is 0 Å². The predicted molar refractivity (Wildman–Crippen MR) is 94.8 cm³/mol. The number of benzene rings is 1. The highest BCUT2D eigenvalue weighted by Gasteiger charge is 2.73. The molecule has 4 atom stereocenters. The molecule has 1 N–H and O–H groups in total. The number of aliphatic hydroxyl groups is 1. The minimum Gasteiger partial charge on any atom is -0.493 e. The molecule has 1 aromatic carbocycles. The number of Topliss-reactive ketones (excluding diaryl/α,β-unsaturated/α-hetero) is 1. The Labute approximate surface area is 157 Å². The van der Waals surface area contributed by atoms with Crippen LogP contribution in [0.1, 0.15) is 43.2 Å². The molecule has 27 heavy (non-hydrogen) atoms. The van der Waals surface area contributed by atoms with E-state index in [2.05, 4.69) is 0 Å². The van der Waals surface area contributed by atoms with Crippen molar-refractivity contribution in [3.05, 3.63) is 23.3 Å². The summed E-state index contributed by atoms with van der Waals surface area (Å²) in [6, 6.07) is 3.60. The molecule has 1 aromatic rings. The van der Waals surface area contributed by atoms with Crippen molar-refractivity contribution in [2.45, 2.75) is 61.7 Å². The zero-order valence-corrected chi connectivity index (χ0v) is 15.4. The second-order valence-electron chi connectivity index (χ2n) is 8.77. The lowest BCUT2D eigenvalue weighted by Gasteiger charge is -2.62. The lowest BCUT2D eigenvalue weighted by molar-refractivity contribution is -0.193. The molecule has 2 aliphatic heterocycles. The third-order valence-electron chi connectivity index (χ3n) is 7.67. The molecule has 0 radical (unpaired) electrons. The zero-order chi connectivity index (χ0) is 18.6. The summed E-state index contributed by atoms with van der Waals surface area (Å²) in [6.45, 7) is 0.575. The molecule has 6 rings (SSSR count). The average molecular weight is 369 g/mol. The van der Waals surface area contributed by atoms with Crippen LogP contribution in [0.3, 0.4) is 0 Å². The summed E-state index contributed by atoms with van der Waals surface area (Å²) in [5, 5.41) is 12.0. The average Bonchev–Trinajstić information content (AvgIpc) is 3.44. The number of amides is 1. The normalized spacial score (nSPS) is 38.3. The zero-order valence-electron chi connectivity index (χ0n) is 15.4. The van der Waals surface area contributed by atoms with E-state index in [-0.39, 0.29) is 30.1 Å². The van der Waals surface area contributed by atoms with E-state index >= 15 is 0 Å². The number of nitrogens with zero attached hydrogens (tertiary/aromatic N) is 1. The van der Waals surface area contributed by atoms with Crippen molar-refractivity contribution in [1.82, 2.24) is 4.90 Å². The molecular formula is C21H23NO5. The van der Waals surface area contributed by atoms with E-state index in [4.69, 9.17) is 9.47 Å². The quantitative estimate of drug-likeness (QED) is 0.852. The number of ketones is 1. The van der Waals surface area contributed by atoms with Crippen LogP contribution in [0, 0.1) is 5.92 Å². The second kappa shape index (κ2) is 4.85. The van der Waals surface area contributed by atoms with E-state index in [1.165, 1.54) is 0 Å². The van der Waals surface area contributed by atoms with Gasteiger partial charge in [0.25, 0.3) is 0 Å². The molecule has 3 fully saturated rings. The molecule has 0 aromatic heterocycles. The lowest BCUT2D eigenvalue weighted by Crippen LogP contribution is -2.77. The summed E-state index contributed by atoms with van der Waals surface area (Å²) in [7, 11) is 1.60. The lowest BCUT2D eigenvalue weighted by atomic mass is 9.49. The summed E-state index contributed by atoms with van der Waals surface area (Å²) in [6.07, 6.45) is 3.07. The Hall–Kier alpha value is -2.08. The van der Waals surface area contributed by atoms with E-state index in [9.17, 15) is 14.7 Å². The van der Waals surface area contributed by atoms with Gasteiger partial charge in [0.1, 0.15) is 0 Å². The maximum Gasteiger partial charge on any atom is 0.226 e. The number of hydrogen-bond acceptors (Lipinski definition) is 5. The molecule has 2 saturated carbocycles. The van der Waals surface area contributed by atoms with Crippen LogP contribution in [-0.2, 0) is 21.4 Å². The minimum atomic E-state index is -1.13. The number of carbonyl (C=O) groups is 2. The largest absolute Gasteiger partial charge is 0.493 e. The molecule has 142 valence electrons. The van der Waals surface area contributed by atoms with Crippen molar-refractivity contribution < 1.29 is 24.2 Å². The number of likely N-dealkylation sites (tertiary alicyclic amines) is 1. The van der Waals surface area contributed by atoms with Gasteiger partial charge in [0.15, 0.2) is 23.4 Å². The summed E-state index contributed by atoms with van der Waals surface area (Å²) in [5.74, 6) is 1.58. The maximum absolute atomic E-state index is 12.9. The van der Waals surface area contributed by atoms with Gasteiger partial charge in [0, 0.05) is 24.4 Å². The Kier molecular flexibility index (Phi) is 2.86. The number of ether oxygens (including phenoxy) is 2. The van der Waals surface area contributed by atoms with Crippen molar-refractivity contribution in [3.63, 3.8) is 0 Å². The Morgan fingerprint density at radius 1 is 1.33 bits per heavy atom. The highest BCUT2D eigenvalue weighted by Crippen LogP contribution is 2.65. The van der Waals surface area contributed by atoms with Gasteiger partial charge in [-0.05, 0) is 43.7 Å². The topological polar surface area (TPSA) is 76.1 Å². The third-order valence-corrected chi connectivity index (χ3v) is 7.67. The first kappa shape index (κ1) is 15.9. The number of hydrogen-bond donors (Lipinski definition) is 1. The number of carbonyl (C=O) groups excluding carboxylic acids is 2. The molecule has 3 aliphatic carbocycles. The van der Waals surface area contributed by atoms with Crippen LogP contribution in [0.15, 0.2) is 12.1 Å². The van der Waals surface area contributed by atoms with E-state index in [0.29, 0.717) is 37.3 Å². The Bertz CT molecular complexity index is 893. The molecule has 1 amide bonds. The first-order valence-corrected chi connectivity index (χ1v) is 9.94. The van der Waals surface area contributed by atoms with Crippen LogP contribution < -0.4 is 9.47 Å². The van der Waals surface area contributed by atoms with E-state index in [1.54, 1.807) is 7.11 Å². The van der Waals surface area contributed by atoms with Crippen LogP contribution in [-0.4, -0.2) is 53.1 Å². The van der Waals surface area contributed by atoms with Crippen LogP contribution >= 0.6 is 0 Å². The van der Waals surface area contributed by atoms with Crippen molar-refractivity contribution >= 4 is 11.7 Å². The van der Waals surface area contributed by atoms with Gasteiger partial charge >= 0.3 is 0 Å². The van der Waals surface area contributed by atoms with Gasteiger partial charge in [-0.15, -0.1) is 0 Å². The van der Waals surface area contributed by atoms with E-state index in [1.807, 2.05) is 17.0 Å². The Morgan fingerprint density at radius 2 is 2.15 bits per heavy atom. The van der Waals surface area contributed by atoms with Gasteiger partial charge < -0.3 is 19.5 Å². The first-order valence-electron chi connectivity index (χ1n) is 9.94. The summed E-state index contributed by atoms with van der Waals surface area (Å²) >= 11 is 0. The van der Waals surface area contributed by atoms with Crippen molar-refractivity contribution in [2.75, 3.05) is 13.7 Å². The molecular weight excluding hydrogens is 346 g/mol. The molecule has 2 heterocycles. The predicted octanol–water partition coefficient (Wildman–Crippen LogP) is 1.36. The molecule has 1 spiro atoms. The van der Waals surface area contributed by atoms with E-state index in [0.717, 1.165) is 24.0 Å². The highest BCUT2D eigenvalue weighted by atomic mass is 16.5. The van der Waals surface area contributed by atoms with Crippen LogP contribution in [0.2, 0.25) is 0 Å². The van der Waals surface area contributed by atoms with Crippen LogP contribution in [0.4, 0.5) is 0 Å². The van der Waals surface area contributed by atoms with Crippen molar-refractivity contribution in [2.24, 2.45) is 5.92 Å². The fraction of sp³-hybridized carbons (Fsp3) is 0.619. The van der Waals surface area contributed by atoms with Gasteiger partial charge in [0.2, 0.25) is 5.91 Å². The highest BCUT2D eigenvalue weighted by molar-refractivity contribution is 5.90. The van der Waals surface area contributed by atoms with Crippen molar-refractivity contribution in [1.29, 1.82) is 0 Å². The monoisotopic (exact) mass is 369 g/mol. The smallest absolute Gasteiger partial charge is 0.226 e. The SMILES string of the molecule is COc1ccc2c3c1O[C@@H]1C(=O)CC[C@]4(O)[C@H](C2)N(C(=O)C2CC2)CC[C@@]314. The van der Waals surface area contributed by atoms with Crippen LogP contribution in [0.25, 0.3) is 0 Å². The summed E-state index contributed by atoms with van der Waals surface area (Å²) in [4.78, 5) is 27.7. The van der Waals surface area contributed by atoms with Gasteiger partial charge in [-0.1, -0.05) is 6.07 Å². The van der Waals surface area contributed by atoms with Gasteiger partial charge in [-0.3, -0.25) is 9.59 Å². The molecule has 6 nitrogen and oxygen atoms in total. The molecule has 1 saturated heterocycles.